The predicted octanol–water partition coefficient (Wildman–Crippen LogP) is 2.95. The van der Waals surface area contributed by atoms with Crippen LogP contribution in [0, 0.1) is 18.3 Å². The minimum Gasteiger partial charge on any atom is -0.444 e. The number of rotatable bonds is 3. The van der Waals surface area contributed by atoms with Crippen LogP contribution in [0.25, 0.3) is 0 Å². The molecule has 1 rings (SSSR count). The van der Waals surface area contributed by atoms with Crippen LogP contribution in [0.3, 0.4) is 0 Å². The Kier molecular flexibility index (Phi) is 4.94. The van der Waals surface area contributed by atoms with Gasteiger partial charge in [0.15, 0.2) is 0 Å². The fourth-order valence-corrected chi connectivity index (χ4v) is 1.54. The summed E-state index contributed by atoms with van der Waals surface area (Å²) in [5, 5.41) is 11.6. The normalized spacial score (nSPS) is 12.4. The van der Waals surface area contributed by atoms with E-state index in [2.05, 4.69) is 11.4 Å². The van der Waals surface area contributed by atoms with E-state index in [4.69, 9.17) is 10.00 Å². The smallest absolute Gasteiger partial charge is 0.408 e. The molecule has 1 amide bonds. The van der Waals surface area contributed by atoms with Crippen molar-refractivity contribution in [1.82, 2.24) is 5.32 Å². The van der Waals surface area contributed by atoms with Crippen LogP contribution < -0.4 is 5.32 Å². The van der Waals surface area contributed by atoms with Crippen molar-refractivity contribution < 1.29 is 9.53 Å². The van der Waals surface area contributed by atoms with E-state index >= 15 is 0 Å². The molecule has 1 unspecified atom stereocenters. The largest absolute Gasteiger partial charge is 0.444 e. The van der Waals surface area contributed by atoms with Crippen molar-refractivity contribution >= 4 is 6.09 Å². The number of amides is 1. The molecule has 0 fully saturated rings. The van der Waals surface area contributed by atoms with E-state index in [-0.39, 0.29) is 0 Å². The lowest BCUT2D eigenvalue weighted by atomic mass is 10.1. The number of hydrogen-bond acceptors (Lipinski definition) is 3. The van der Waals surface area contributed by atoms with Gasteiger partial charge in [-0.1, -0.05) is 29.8 Å². The van der Waals surface area contributed by atoms with Gasteiger partial charge in [-0.15, -0.1) is 0 Å². The summed E-state index contributed by atoms with van der Waals surface area (Å²) < 4.78 is 5.13. The van der Waals surface area contributed by atoms with Crippen LogP contribution in [-0.4, -0.2) is 17.7 Å². The first-order valence-corrected chi connectivity index (χ1v) is 6.25. The molecule has 1 aromatic carbocycles. The van der Waals surface area contributed by atoms with Gasteiger partial charge in [0.05, 0.1) is 6.07 Å². The van der Waals surface area contributed by atoms with Crippen LogP contribution in [-0.2, 0) is 11.2 Å². The first kappa shape index (κ1) is 15.0. The highest BCUT2D eigenvalue weighted by Gasteiger charge is 2.19. The van der Waals surface area contributed by atoms with Crippen molar-refractivity contribution in [3.05, 3.63) is 35.4 Å². The number of hydrogen-bond donors (Lipinski definition) is 1. The predicted molar refractivity (Wildman–Crippen MR) is 73.7 cm³/mol. The second-order valence-electron chi connectivity index (χ2n) is 5.52. The highest BCUT2D eigenvalue weighted by molar-refractivity contribution is 5.68. The van der Waals surface area contributed by atoms with Gasteiger partial charge in [0.2, 0.25) is 0 Å². The zero-order valence-corrected chi connectivity index (χ0v) is 11.9. The molecule has 0 spiro atoms. The van der Waals surface area contributed by atoms with E-state index < -0.39 is 17.7 Å². The minimum absolute atomic E-state index is 0.468. The maximum Gasteiger partial charge on any atom is 0.408 e. The molecule has 0 radical (unpaired) electrons. The monoisotopic (exact) mass is 260 g/mol. The molecule has 0 aliphatic heterocycles. The molecule has 0 heterocycles. The lowest BCUT2D eigenvalue weighted by Crippen LogP contribution is -2.39. The number of carbonyl (C=O) groups excluding carboxylic acids is 1. The Morgan fingerprint density at radius 1 is 1.37 bits per heavy atom. The molecule has 0 saturated carbocycles. The molecule has 0 aliphatic rings. The summed E-state index contributed by atoms with van der Waals surface area (Å²) in [6, 6.07) is 9.36. The third-order valence-corrected chi connectivity index (χ3v) is 2.41. The van der Waals surface area contributed by atoms with E-state index in [0.717, 1.165) is 11.1 Å². The van der Waals surface area contributed by atoms with Gasteiger partial charge >= 0.3 is 6.09 Å². The Labute approximate surface area is 114 Å². The lowest BCUT2D eigenvalue weighted by Gasteiger charge is -2.21. The number of nitrogens with one attached hydrogen (secondary N) is 1. The van der Waals surface area contributed by atoms with Gasteiger partial charge in [0.1, 0.15) is 11.6 Å². The number of aryl methyl sites for hydroxylation is 1. The Bertz CT molecular complexity index is 466. The molecular formula is C15H20N2O2. The standard InChI is InChI=1S/C15H20N2O2/c1-11-5-7-12(8-6-11)9-13(10-16)17-14(18)19-15(2,3)4/h5-8,13H,9H2,1-4H3,(H,17,18). The maximum absolute atomic E-state index is 11.6. The molecule has 19 heavy (non-hydrogen) atoms. The average molecular weight is 260 g/mol. The van der Waals surface area contributed by atoms with Gasteiger partial charge < -0.3 is 10.1 Å². The number of ether oxygens (including phenoxy) is 1. The zero-order chi connectivity index (χ0) is 14.5. The summed E-state index contributed by atoms with van der Waals surface area (Å²) in [5.41, 5.74) is 1.61. The van der Waals surface area contributed by atoms with Crippen LogP contribution in [0.15, 0.2) is 24.3 Å². The van der Waals surface area contributed by atoms with Crippen LogP contribution in [0.2, 0.25) is 0 Å². The SMILES string of the molecule is Cc1ccc(CC(C#N)NC(=O)OC(C)(C)C)cc1. The molecule has 1 aromatic rings. The van der Waals surface area contributed by atoms with Gasteiger partial charge in [-0.2, -0.15) is 5.26 Å². The second-order valence-corrected chi connectivity index (χ2v) is 5.52. The molecule has 0 saturated heterocycles. The fourth-order valence-electron chi connectivity index (χ4n) is 1.54. The Balaban J connectivity index is 2.57. The maximum atomic E-state index is 11.6. The topological polar surface area (TPSA) is 62.1 Å². The molecule has 4 heteroatoms. The summed E-state index contributed by atoms with van der Waals surface area (Å²) in [7, 11) is 0. The molecule has 0 aromatic heterocycles. The minimum atomic E-state index is -0.586. The third-order valence-electron chi connectivity index (χ3n) is 2.41. The van der Waals surface area contributed by atoms with Crippen molar-refractivity contribution in [2.45, 2.75) is 45.8 Å². The van der Waals surface area contributed by atoms with Crippen LogP contribution in [0.4, 0.5) is 4.79 Å². The van der Waals surface area contributed by atoms with Crippen molar-refractivity contribution in [2.75, 3.05) is 0 Å². The lowest BCUT2D eigenvalue weighted by molar-refractivity contribution is 0.0516. The highest BCUT2D eigenvalue weighted by Crippen LogP contribution is 2.09. The number of carbonyl (C=O) groups is 1. The van der Waals surface area contributed by atoms with Crippen LogP contribution in [0.1, 0.15) is 31.9 Å². The van der Waals surface area contributed by atoms with Gasteiger partial charge in [0, 0.05) is 6.42 Å². The average Bonchev–Trinajstić information content (AvgIpc) is 2.28. The van der Waals surface area contributed by atoms with Crippen LogP contribution >= 0.6 is 0 Å². The Hall–Kier alpha value is -2.02. The van der Waals surface area contributed by atoms with Crippen molar-refractivity contribution in [1.29, 1.82) is 5.26 Å². The van der Waals surface area contributed by atoms with Gasteiger partial charge in [-0.05, 0) is 33.3 Å². The number of alkyl carbamates (subject to hydrolysis) is 1. The molecule has 102 valence electrons. The van der Waals surface area contributed by atoms with E-state index in [0.29, 0.717) is 6.42 Å². The van der Waals surface area contributed by atoms with E-state index in [9.17, 15) is 4.79 Å². The summed E-state index contributed by atoms with van der Waals surface area (Å²) in [5.74, 6) is 0. The first-order valence-electron chi connectivity index (χ1n) is 6.25. The molecule has 0 bridgehead atoms. The van der Waals surface area contributed by atoms with E-state index in [1.54, 1.807) is 20.8 Å². The van der Waals surface area contributed by atoms with Gasteiger partial charge in [-0.25, -0.2) is 4.79 Å². The quantitative estimate of drug-likeness (QED) is 0.908. The zero-order valence-electron chi connectivity index (χ0n) is 11.9. The molecule has 0 aliphatic carbocycles. The van der Waals surface area contributed by atoms with Gasteiger partial charge in [0.25, 0.3) is 0 Å². The molecule has 1 N–H and O–H groups in total. The highest BCUT2D eigenvalue weighted by atomic mass is 16.6. The number of nitriles is 1. The van der Waals surface area contributed by atoms with Crippen molar-refractivity contribution in [2.24, 2.45) is 0 Å². The number of nitrogens with zero attached hydrogens (tertiary/aromatic N) is 1. The number of benzene rings is 1. The summed E-state index contributed by atoms with van der Waals surface area (Å²) in [6.45, 7) is 7.36. The van der Waals surface area contributed by atoms with Gasteiger partial charge in [-0.3, -0.25) is 0 Å². The first-order chi connectivity index (χ1) is 8.80. The molecule has 1 atom stereocenters. The van der Waals surface area contributed by atoms with E-state index in [1.807, 2.05) is 31.2 Å². The summed E-state index contributed by atoms with van der Waals surface area (Å²) in [4.78, 5) is 11.6. The summed E-state index contributed by atoms with van der Waals surface area (Å²) >= 11 is 0. The third kappa shape index (κ3) is 5.91. The fraction of sp³-hybridized carbons (Fsp3) is 0.467. The molecular weight excluding hydrogens is 240 g/mol. The van der Waals surface area contributed by atoms with Crippen LogP contribution in [0.5, 0.6) is 0 Å². The Morgan fingerprint density at radius 3 is 2.42 bits per heavy atom. The Morgan fingerprint density at radius 2 is 1.95 bits per heavy atom. The van der Waals surface area contributed by atoms with Crippen molar-refractivity contribution in [3.8, 4) is 6.07 Å². The van der Waals surface area contributed by atoms with E-state index in [1.165, 1.54) is 0 Å². The molecule has 4 nitrogen and oxygen atoms in total. The van der Waals surface area contributed by atoms with Crippen molar-refractivity contribution in [3.63, 3.8) is 0 Å². The second kappa shape index (κ2) is 6.24. The summed E-state index contributed by atoms with van der Waals surface area (Å²) in [6.07, 6.45) is -0.0955.